The summed E-state index contributed by atoms with van der Waals surface area (Å²) in [5, 5.41) is 0. The molecule has 0 atom stereocenters. The average molecular weight is 176 g/mol. The molecular weight excluding hydrogens is 162 g/mol. The molecule has 1 fully saturated rings. The van der Waals surface area contributed by atoms with E-state index >= 15 is 0 Å². The maximum absolute atomic E-state index is 5.30. The smallest absolute Gasteiger partial charge is 0.0642 e. The summed E-state index contributed by atoms with van der Waals surface area (Å²) in [7, 11) is 0. The highest BCUT2D eigenvalue weighted by atomic mass is 16.5. The molecule has 1 saturated heterocycles. The van der Waals surface area contributed by atoms with E-state index in [0.29, 0.717) is 0 Å². The first-order valence-electron chi connectivity index (χ1n) is 4.67. The fraction of sp³-hybridized carbons (Fsp3) is 0.455. The Morgan fingerprint density at radius 1 is 1.38 bits per heavy atom. The molecule has 1 radical (unpaired) electrons. The van der Waals surface area contributed by atoms with Crippen LogP contribution in [0.25, 0.3) is 0 Å². The van der Waals surface area contributed by atoms with E-state index in [9.17, 15) is 0 Å². The van der Waals surface area contributed by atoms with Gasteiger partial charge in [-0.05, 0) is 18.6 Å². The van der Waals surface area contributed by atoms with Crippen LogP contribution in [0.5, 0.6) is 0 Å². The second-order valence-corrected chi connectivity index (χ2v) is 3.35. The highest BCUT2D eigenvalue weighted by molar-refractivity contribution is 5.47. The van der Waals surface area contributed by atoms with Crippen molar-refractivity contribution in [2.75, 3.05) is 31.2 Å². The molecule has 0 spiro atoms. The summed E-state index contributed by atoms with van der Waals surface area (Å²) in [4.78, 5) is 2.32. The van der Waals surface area contributed by atoms with Gasteiger partial charge in [0, 0.05) is 24.8 Å². The lowest BCUT2D eigenvalue weighted by Crippen LogP contribution is -2.36. The Kier molecular flexibility index (Phi) is 2.50. The quantitative estimate of drug-likeness (QED) is 0.645. The van der Waals surface area contributed by atoms with E-state index < -0.39 is 0 Å². The Hall–Kier alpha value is -1.02. The van der Waals surface area contributed by atoms with E-state index in [1.165, 1.54) is 11.3 Å². The molecule has 13 heavy (non-hydrogen) atoms. The summed E-state index contributed by atoms with van der Waals surface area (Å²) in [5.41, 5.74) is 2.49. The zero-order chi connectivity index (χ0) is 9.10. The number of ether oxygens (including phenoxy) is 1. The van der Waals surface area contributed by atoms with Crippen LogP contribution in [0.4, 0.5) is 5.69 Å². The van der Waals surface area contributed by atoms with Gasteiger partial charge < -0.3 is 9.64 Å². The molecule has 0 N–H and O–H groups in total. The maximum atomic E-state index is 5.30. The van der Waals surface area contributed by atoms with Crippen molar-refractivity contribution in [3.05, 3.63) is 29.8 Å². The highest BCUT2D eigenvalue weighted by Crippen LogP contribution is 2.15. The standard InChI is InChI=1S/C11H14NO/c1-10-3-2-4-11(9-10)12-5-7-13-8-6-12/h2-3,9H,5-8H2,1H3. The van der Waals surface area contributed by atoms with Crippen LogP contribution in [-0.4, -0.2) is 26.3 Å². The molecular formula is C11H14NO. The number of hydrogen-bond donors (Lipinski definition) is 0. The normalized spacial score (nSPS) is 17.5. The van der Waals surface area contributed by atoms with Gasteiger partial charge in [0.25, 0.3) is 0 Å². The Morgan fingerprint density at radius 3 is 2.85 bits per heavy atom. The van der Waals surface area contributed by atoms with Gasteiger partial charge >= 0.3 is 0 Å². The fourth-order valence-electron chi connectivity index (χ4n) is 1.55. The minimum Gasteiger partial charge on any atom is -0.378 e. The lowest BCUT2D eigenvalue weighted by molar-refractivity contribution is 0.122. The third-order valence-electron chi connectivity index (χ3n) is 2.29. The molecule has 2 heteroatoms. The lowest BCUT2D eigenvalue weighted by atomic mass is 10.2. The van der Waals surface area contributed by atoms with Crippen LogP contribution in [-0.2, 0) is 4.74 Å². The van der Waals surface area contributed by atoms with Crippen LogP contribution in [0.15, 0.2) is 18.2 Å². The summed E-state index contributed by atoms with van der Waals surface area (Å²) < 4.78 is 5.30. The lowest BCUT2D eigenvalue weighted by Gasteiger charge is -2.28. The van der Waals surface area contributed by atoms with Crippen molar-refractivity contribution in [2.24, 2.45) is 0 Å². The Balaban J connectivity index is 2.14. The number of aryl methyl sites for hydroxylation is 1. The first-order valence-corrected chi connectivity index (χ1v) is 4.67. The molecule has 1 heterocycles. The summed E-state index contributed by atoms with van der Waals surface area (Å²) in [5.74, 6) is 0. The van der Waals surface area contributed by atoms with Crippen molar-refractivity contribution in [2.45, 2.75) is 6.92 Å². The Bertz CT molecular complexity index is 279. The minimum atomic E-state index is 0.835. The molecule has 0 saturated carbocycles. The van der Waals surface area contributed by atoms with Crippen molar-refractivity contribution in [3.8, 4) is 0 Å². The molecule has 0 amide bonds. The third-order valence-corrected chi connectivity index (χ3v) is 2.29. The number of nitrogens with zero attached hydrogens (tertiary/aromatic N) is 1. The van der Waals surface area contributed by atoms with Gasteiger partial charge in [0.05, 0.1) is 13.2 Å². The summed E-state index contributed by atoms with van der Waals surface area (Å²) >= 11 is 0. The number of morpholine rings is 1. The third kappa shape index (κ3) is 2.01. The topological polar surface area (TPSA) is 12.5 Å². The first kappa shape index (κ1) is 8.57. The van der Waals surface area contributed by atoms with Crippen LogP contribution in [0.1, 0.15) is 5.56 Å². The van der Waals surface area contributed by atoms with Gasteiger partial charge in [0.15, 0.2) is 0 Å². The molecule has 0 aliphatic carbocycles. The molecule has 1 aromatic carbocycles. The SMILES string of the molecule is Cc1cc[c]c(N2CCOCC2)c1. The predicted octanol–water partition coefficient (Wildman–Crippen LogP) is 1.63. The molecule has 0 unspecified atom stereocenters. The molecule has 0 aromatic heterocycles. The van der Waals surface area contributed by atoms with E-state index in [2.05, 4.69) is 30.0 Å². The van der Waals surface area contributed by atoms with Gasteiger partial charge in [-0.3, -0.25) is 0 Å². The number of rotatable bonds is 1. The second-order valence-electron chi connectivity index (χ2n) is 3.35. The summed E-state index contributed by atoms with van der Waals surface area (Å²) in [6.07, 6.45) is 0. The van der Waals surface area contributed by atoms with Crippen LogP contribution < -0.4 is 4.90 Å². The minimum absolute atomic E-state index is 0.835. The summed E-state index contributed by atoms with van der Waals surface area (Å²) in [6, 6.07) is 9.48. The number of benzene rings is 1. The van der Waals surface area contributed by atoms with E-state index in [1.807, 2.05) is 6.07 Å². The van der Waals surface area contributed by atoms with Gasteiger partial charge in [-0.2, -0.15) is 0 Å². The van der Waals surface area contributed by atoms with Crippen molar-refractivity contribution >= 4 is 5.69 Å². The van der Waals surface area contributed by atoms with Gasteiger partial charge in [-0.1, -0.05) is 12.1 Å². The van der Waals surface area contributed by atoms with Crippen LogP contribution >= 0.6 is 0 Å². The van der Waals surface area contributed by atoms with Gasteiger partial charge in [-0.25, -0.2) is 0 Å². The van der Waals surface area contributed by atoms with E-state index in [0.717, 1.165) is 26.3 Å². The molecule has 1 aromatic rings. The average Bonchev–Trinajstić information content (AvgIpc) is 2.19. The van der Waals surface area contributed by atoms with Crippen molar-refractivity contribution in [1.29, 1.82) is 0 Å². The Morgan fingerprint density at radius 2 is 2.15 bits per heavy atom. The Labute approximate surface area is 79.1 Å². The highest BCUT2D eigenvalue weighted by Gasteiger charge is 2.10. The molecule has 1 aliphatic rings. The van der Waals surface area contributed by atoms with E-state index in [-0.39, 0.29) is 0 Å². The first-order chi connectivity index (χ1) is 6.36. The zero-order valence-corrected chi connectivity index (χ0v) is 7.92. The molecule has 69 valence electrons. The largest absolute Gasteiger partial charge is 0.378 e. The maximum Gasteiger partial charge on any atom is 0.0642 e. The monoisotopic (exact) mass is 176 g/mol. The predicted molar refractivity (Wildman–Crippen MR) is 53.0 cm³/mol. The fourth-order valence-corrected chi connectivity index (χ4v) is 1.55. The van der Waals surface area contributed by atoms with Gasteiger partial charge in [-0.15, -0.1) is 0 Å². The van der Waals surface area contributed by atoms with Crippen LogP contribution in [0.2, 0.25) is 0 Å². The van der Waals surface area contributed by atoms with Crippen molar-refractivity contribution in [3.63, 3.8) is 0 Å². The number of hydrogen-bond acceptors (Lipinski definition) is 2. The summed E-state index contributed by atoms with van der Waals surface area (Å²) in [6.45, 7) is 5.75. The van der Waals surface area contributed by atoms with Crippen LogP contribution in [0, 0.1) is 13.0 Å². The number of anilines is 1. The van der Waals surface area contributed by atoms with Gasteiger partial charge in [0.2, 0.25) is 0 Å². The van der Waals surface area contributed by atoms with Crippen molar-refractivity contribution < 1.29 is 4.74 Å². The van der Waals surface area contributed by atoms with E-state index in [1.54, 1.807) is 0 Å². The van der Waals surface area contributed by atoms with Crippen molar-refractivity contribution in [1.82, 2.24) is 0 Å². The molecule has 0 bridgehead atoms. The second kappa shape index (κ2) is 3.79. The molecule has 2 nitrogen and oxygen atoms in total. The van der Waals surface area contributed by atoms with Gasteiger partial charge in [0.1, 0.15) is 0 Å². The zero-order valence-electron chi connectivity index (χ0n) is 7.92. The van der Waals surface area contributed by atoms with E-state index in [4.69, 9.17) is 4.74 Å². The molecule has 2 rings (SSSR count). The van der Waals surface area contributed by atoms with Crippen LogP contribution in [0.3, 0.4) is 0 Å². The molecule has 1 aliphatic heterocycles.